The van der Waals surface area contributed by atoms with Gasteiger partial charge in [-0.25, -0.2) is 26.9 Å². The molecule has 2 N–H and O–H groups in total. The topological polar surface area (TPSA) is 119 Å². The summed E-state index contributed by atoms with van der Waals surface area (Å²) in [5.41, 5.74) is -6.08. The van der Waals surface area contributed by atoms with Crippen molar-refractivity contribution in [3.05, 3.63) is 61.1 Å². The fourth-order valence-electron chi connectivity index (χ4n) is 3.38. The number of nitrogens with zero attached hydrogens (tertiary/aromatic N) is 2. The number of nitrogens with one attached hydrogen (secondary N) is 2. The number of benzene rings is 1. The molecule has 0 bridgehead atoms. The first kappa shape index (κ1) is 27.8. The SMILES string of the molecule is Cl.Cn1c(C(F)(F)F)cc(=O)n(-c2cc(C(=O)NS(=O)(=O)C3CCNCC3)c(Cl)cc2F)c1=O. The first-order valence-corrected chi connectivity index (χ1v) is 11.3. The summed E-state index contributed by atoms with van der Waals surface area (Å²) in [6, 6.07) is 1.27. The second kappa shape index (κ2) is 10.1. The number of sulfonamides is 1. The Balaban J connectivity index is 0.00000408. The minimum Gasteiger partial charge on any atom is -0.317 e. The van der Waals surface area contributed by atoms with Crippen LogP contribution >= 0.6 is 24.0 Å². The minimum absolute atomic E-state index is 0. The lowest BCUT2D eigenvalue weighted by Gasteiger charge is -2.23. The number of hydrogen-bond donors (Lipinski definition) is 2. The lowest BCUT2D eigenvalue weighted by Crippen LogP contribution is -2.44. The second-order valence-corrected chi connectivity index (χ2v) is 9.62. The molecule has 2 aromatic rings. The molecule has 188 valence electrons. The van der Waals surface area contributed by atoms with Crippen molar-refractivity contribution in [2.45, 2.75) is 24.3 Å². The van der Waals surface area contributed by atoms with E-state index in [0.29, 0.717) is 25.2 Å². The van der Waals surface area contributed by atoms with E-state index in [1.54, 1.807) is 0 Å². The predicted molar refractivity (Wildman–Crippen MR) is 117 cm³/mol. The molecule has 1 aromatic carbocycles. The Kier molecular flexibility index (Phi) is 8.23. The molecule has 1 aliphatic heterocycles. The van der Waals surface area contributed by atoms with Crippen LogP contribution in [0.25, 0.3) is 5.69 Å². The van der Waals surface area contributed by atoms with Crippen LogP contribution in [0.2, 0.25) is 5.02 Å². The van der Waals surface area contributed by atoms with Crippen LogP contribution in [0.15, 0.2) is 27.8 Å². The Morgan fingerprint density at radius 2 is 1.76 bits per heavy atom. The van der Waals surface area contributed by atoms with Crippen molar-refractivity contribution in [1.29, 1.82) is 0 Å². The molecule has 0 aliphatic carbocycles. The van der Waals surface area contributed by atoms with Gasteiger partial charge in [-0.05, 0) is 38.1 Å². The summed E-state index contributed by atoms with van der Waals surface area (Å²) in [5.74, 6) is -2.55. The zero-order valence-electron chi connectivity index (χ0n) is 17.3. The Bertz CT molecular complexity index is 1340. The van der Waals surface area contributed by atoms with Crippen molar-refractivity contribution in [3.63, 3.8) is 0 Å². The monoisotopic (exact) mass is 548 g/mol. The van der Waals surface area contributed by atoms with Crippen LogP contribution in [0.3, 0.4) is 0 Å². The van der Waals surface area contributed by atoms with Crippen LogP contribution in [-0.2, 0) is 23.2 Å². The lowest BCUT2D eigenvalue weighted by atomic mass is 10.1. The maximum Gasteiger partial charge on any atom is 0.431 e. The van der Waals surface area contributed by atoms with Crippen LogP contribution in [-0.4, -0.2) is 41.8 Å². The highest BCUT2D eigenvalue weighted by atomic mass is 35.5. The van der Waals surface area contributed by atoms with E-state index in [1.807, 2.05) is 4.72 Å². The number of aromatic nitrogens is 2. The first-order chi connectivity index (χ1) is 15.2. The van der Waals surface area contributed by atoms with Crippen molar-refractivity contribution >= 4 is 39.9 Å². The summed E-state index contributed by atoms with van der Waals surface area (Å²) in [7, 11) is -3.40. The van der Waals surface area contributed by atoms with Gasteiger partial charge in [-0.3, -0.25) is 14.2 Å². The number of amides is 1. The van der Waals surface area contributed by atoms with Crippen LogP contribution in [0.5, 0.6) is 0 Å². The normalized spacial score (nSPS) is 15.0. The van der Waals surface area contributed by atoms with Gasteiger partial charge in [0.25, 0.3) is 11.5 Å². The highest BCUT2D eigenvalue weighted by Gasteiger charge is 2.35. The summed E-state index contributed by atoms with van der Waals surface area (Å²) in [5, 5.41) is 1.56. The molecule has 9 nitrogen and oxygen atoms in total. The molecular formula is C18H18Cl2F4N4O5S. The molecule has 1 aromatic heterocycles. The van der Waals surface area contributed by atoms with Gasteiger partial charge >= 0.3 is 11.9 Å². The predicted octanol–water partition coefficient (Wildman–Crippen LogP) is 1.58. The Morgan fingerprint density at radius 1 is 1.18 bits per heavy atom. The zero-order chi connectivity index (χ0) is 24.7. The van der Waals surface area contributed by atoms with E-state index in [2.05, 4.69) is 5.32 Å². The van der Waals surface area contributed by atoms with E-state index in [1.165, 1.54) is 0 Å². The molecule has 0 radical (unpaired) electrons. The van der Waals surface area contributed by atoms with Crippen molar-refractivity contribution in [3.8, 4) is 5.69 Å². The van der Waals surface area contributed by atoms with E-state index >= 15 is 0 Å². The van der Waals surface area contributed by atoms with E-state index < -0.39 is 66.4 Å². The Labute approximate surface area is 201 Å². The van der Waals surface area contributed by atoms with Gasteiger partial charge in [-0.2, -0.15) is 13.2 Å². The van der Waals surface area contributed by atoms with Crippen LogP contribution in [0, 0.1) is 5.82 Å². The lowest BCUT2D eigenvalue weighted by molar-refractivity contribution is -0.144. The van der Waals surface area contributed by atoms with Crippen molar-refractivity contribution in [2.24, 2.45) is 7.05 Å². The largest absolute Gasteiger partial charge is 0.431 e. The molecule has 16 heteroatoms. The third kappa shape index (κ3) is 5.45. The fraction of sp³-hybridized carbons (Fsp3) is 0.389. The second-order valence-electron chi connectivity index (χ2n) is 7.25. The molecular weight excluding hydrogens is 531 g/mol. The quantitative estimate of drug-likeness (QED) is 0.560. The molecule has 1 fully saturated rings. The van der Waals surface area contributed by atoms with Crippen LogP contribution < -0.4 is 21.3 Å². The highest BCUT2D eigenvalue weighted by molar-refractivity contribution is 7.90. The van der Waals surface area contributed by atoms with Gasteiger partial charge in [0.15, 0.2) is 0 Å². The number of piperidine rings is 1. The molecule has 3 rings (SSSR count). The minimum atomic E-state index is -5.03. The van der Waals surface area contributed by atoms with Crippen molar-refractivity contribution in [1.82, 2.24) is 19.2 Å². The smallest absolute Gasteiger partial charge is 0.317 e. The van der Waals surface area contributed by atoms with Gasteiger partial charge in [0.1, 0.15) is 11.5 Å². The molecule has 1 saturated heterocycles. The average Bonchev–Trinajstić information content (AvgIpc) is 2.71. The highest BCUT2D eigenvalue weighted by Crippen LogP contribution is 2.27. The van der Waals surface area contributed by atoms with Crippen molar-refractivity contribution < 1.29 is 30.8 Å². The van der Waals surface area contributed by atoms with Gasteiger partial charge in [0, 0.05) is 13.1 Å². The molecule has 0 unspecified atom stereocenters. The number of halogens is 6. The maximum absolute atomic E-state index is 14.6. The van der Waals surface area contributed by atoms with E-state index in [4.69, 9.17) is 11.6 Å². The number of hydrogen-bond acceptors (Lipinski definition) is 6. The van der Waals surface area contributed by atoms with E-state index in [0.717, 1.165) is 7.05 Å². The fourth-order valence-corrected chi connectivity index (χ4v) is 5.00. The van der Waals surface area contributed by atoms with E-state index in [9.17, 15) is 40.4 Å². The summed E-state index contributed by atoms with van der Waals surface area (Å²) >= 11 is 5.87. The summed E-state index contributed by atoms with van der Waals surface area (Å²) in [6.07, 6.45) is -4.55. The van der Waals surface area contributed by atoms with Gasteiger partial charge in [-0.1, -0.05) is 11.6 Å². The van der Waals surface area contributed by atoms with Gasteiger partial charge in [-0.15, -0.1) is 12.4 Å². The van der Waals surface area contributed by atoms with Crippen molar-refractivity contribution in [2.75, 3.05) is 13.1 Å². The third-order valence-electron chi connectivity index (χ3n) is 5.09. The summed E-state index contributed by atoms with van der Waals surface area (Å²) in [6.45, 7) is 0.836. The van der Waals surface area contributed by atoms with Crippen LogP contribution in [0.4, 0.5) is 17.6 Å². The molecule has 0 spiro atoms. The molecule has 34 heavy (non-hydrogen) atoms. The van der Waals surface area contributed by atoms with Gasteiger partial charge in [0.05, 0.1) is 21.5 Å². The number of carbonyl (C=O) groups is 1. The molecule has 0 saturated carbocycles. The molecule has 1 aliphatic rings. The number of rotatable bonds is 4. The van der Waals surface area contributed by atoms with Gasteiger partial charge < -0.3 is 5.32 Å². The summed E-state index contributed by atoms with van der Waals surface area (Å²) < 4.78 is 80.7. The average molecular weight is 549 g/mol. The Hall–Kier alpha value is -2.42. The number of carbonyl (C=O) groups excluding carboxylic acids is 1. The molecule has 2 heterocycles. The molecule has 1 amide bonds. The Morgan fingerprint density at radius 3 is 2.32 bits per heavy atom. The standard InChI is InChI=1S/C18H17ClF4N4O5S.ClH/c1-26-14(18(21,22)23)8-15(28)27(17(26)30)13-6-10(11(19)7-12(13)20)16(29)25-33(31,32)9-2-4-24-5-3-9;/h6-9,24H,2-5H2,1H3,(H,25,29);1H. The number of alkyl halides is 3. The summed E-state index contributed by atoms with van der Waals surface area (Å²) in [4.78, 5) is 37.3. The first-order valence-electron chi connectivity index (χ1n) is 9.40. The van der Waals surface area contributed by atoms with Crippen LogP contribution in [0.1, 0.15) is 28.9 Å². The third-order valence-corrected chi connectivity index (χ3v) is 7.22. The van der Waals surface area contributed by atoms with E-state index in [-0.39, 0.29) is 40.4 Å². The van der Waals surface area contributed by atoms with Gasteiger partial charge in [0.2, 0.25) is 10.0 Å². The maximum atomic E-state index is 14.6. The zero-order valence-corrected chi connectivity index (χ0v) is 19.7. The molecule has 0 atom stereocenters.